The van der Waals surface area contributed by atoms with E-state index in [0.717, 1.165) is 17.2 Å². The third-order valence-corrected chi connectivity index (χ3v) is 7.14. The van der Waals surface area contributed by atoms with Crippen LogP contribution in [0.2, 0.25) is 5.02 Å². The average molecular weight is 520 g/mol. The van der Waals surface area contributed by atoms with Crippen LogP contribution in [0, 0.1) is 5.82 Å². The molecule has 0 aliphatic carbocycles. The Bertz CT molecular complexity index is 1690. The van der Waals surface area contributed by atoms with Crippen molar-refractivity contribution in [2.45, 2.75) is 5.75 Å². The summed E-state index contributed by atoms with van der Waals surface area (Å²) in [5.41, 5.74) is 2.91. The lowest BCUT2D eigenvalue weighted by Crippen LogP contribution is -2.16. The molecule has 0 aliphatic rings. The number of sulfonamides is 1. The third-order valence-electron chi connectivity index (χ3n) is 5.65. The first kappa shape index (κ1) is 23.7. The van der Waals surface area contributed by atoms with Crippen LogP contribution in [0.1, 0.15) is 21.5 Å². The fraction of sp³-hybridized carbons (Fsp3) is 0.0370. The number of fused-ring (bicyclic) bond motifs is 1. The first-order valence-electron chi connectivity index (χ1n) is 10.9. The zero-order valence-corrected chi connectivity index (χ0v) is 20.3. The summed E-state index contributed by atoms with van der Waals surface area (Å²) in [6, 6.07) is 21.2. The van der Waals surface area contributed by atoms with Gasteiger partial charge in [-0.05, 0) is 47.5 Å². The van der Waals surface area contributed by atoms with Crippen molar-refractivity contribution < 1.29 is 17.6 Å². The average Bonchev–Trinajstić information content (AvgIpc) is 3.29. The van der Waals surface area contributed by atoms with Crippen molar-refractivity contribution in [1.82, 2.24) is 9.97 Å². The molecule has 0 radical (unpaired) electrons. The van der Waals surface area contributed by atoms with Gasteiger partial charge in [-0.25, -0.2) is 17.8 Å². The molecule has 2 N–H and O–H groups in total. The second-order valence-electron chi connectivity index (χ2n) is 8.20. The van der Waals surface area contributed by atoms with E-state index >= 15 is 0 Å². The molecule has 2 aromatic heterocycles. The number of anilines is 1. The number of hydrogen-bond donors (Lipinski definition) is 2. The van der Waals surface area contributed by atoms with E-state index in [9.17, 15) is 17.6 Å². The van der Waals surface area contributed by atoms with Crippen LogP contribution in [0.4, 0.5) is 10.1 Å². The highest BCUT2D eigenvalue weighted by Gasteiger charge is 2.20. The van der Waals surface area contributed by atoms with Crippen molar-refractivity contribution in [2.75, 3.05) is 4.72 Å². The maximum Gasteiger partial charge on any atom is 0.237 e. The van der Waals surface area contributed by atoms with Gasteiger partial charge in [0, 0.05) is 39.5 Å². The smallest absolute Gasteiger partial charge is 0.237 e. The Morgan fingerprint density at radius 1 is 0.972 bits per heavy atom. The second-order valence-corrected chi connectivity index (χ2v) is 10.4. The molecule has 0 bridgehead atoms. The molecule has 5 aromatic rings. The fourth-order valence-corrected chi connectivity index (χ4v) is 5.21. The SMILES string of the molecule is O=C(c1ccc(F)c(NS(=O)(=O)Cc2ccccc2)c1)c1c[nH]c2ncc(-c3ccc(Cl)cc3)cc12. The van der Waals surface area contributed by atoms with E-state index in [1.54, 1.807) is 48.7 Å². The standard InChI is InChI=1S/C27H19ClFN3O3S/c28-21-9-6-18(7-10-21)20-12-22-23(15-31-27(22)30-14-20)26(33)19-8-11-24(29)25(13-19)32-36(34,35)16-17-4-2-1-3-5-17/h1-15,32H,16H2,(H,30,31). The first-order valence-corrected chi connectivity index (χ1v) is 12.9. The summed E-state index contributed by atoms with van der Waals surface area (Å²) in [6.45, 7) is 0. The van der Waals surface area contributed by atoms with Crippen molar-refractivity contribution in [3.8, 4) is 11.1 Å². The minimum atomic E-state index is -3.91. The van der Waals surface area contributed by atoms with E-state index in [4.69, 9.17) is 11.6 Å². The number of carbonyl (C=O) groups is 1. The number of nitrogens with zero attached hydrogens (tertiary/aromatic N) is 1. The van der Waals surface area contributed by atoms with Crippen LogP contribution in [0.25, 0.3) is 22.2 Å². The molecule has 2 heterocycles. The number of rotatable bonds is 7. The van der Waals surface area contributed by atoms with Crippen LogP contribution in [-0.4, -0.2) is 24.2 Å². The van der Waals surface area contributed by atoms with Gasteiger partial charge in [-0.2, -0.15) is 0 Å². The molecule has 0 atom stereocenters. The van der Waals surface area contributed by atoms with Crippen LogP contribution in [0.15, 0.2) is 91.3 Å². The summed E-state index contributed by atoms with van der Waals surface area (Å²) in [7, 11) is -3.91. The van der Waals surface area contributed by atoms with Gasteiger partial charge in [0.25, 0.3) is 0 Å². The van der Waals surface area contributed by atoms with E-state index in [0.29, 0.717) is 27.2 Å². The van der Waals surface area contributed by atoms with Gasteiger partial charge in [0.05, 0.1) is 11.4 Å². The Morgan fingerprint density at radius 3 is 2.47 bits per heavy atom. The molecule has 0 saturated carbocycles. The van der Waals surface area contributed by atoms with Crippen LogP contribution in [0.5, 0.6) is 0 Å². The van der Waals surface area contributed by atoms with Gasteiger partial charge in [0.2, 0.25) is 10.0 Å². The Kier molecular flexibility index (Phi) is 6.30. The van der Waals surface area contributed by atoms with E-state index in [-0.39, 0.29) is 17.0 Å². The summed E-state index contributed by atoms with van der Waals surface area (Å²) < 4.78 is 42.0. The topological polar surface area (TPSA) is 91.9 Å². The number of benzene rings is 3. The highest BCUT2D eigenvalue weighted by Crippen LogP contribution is 2.28. The number of aromatic amines is 1. The normalized spacial score (nSPS) is 11.5. The summed E-state index contributed by atoms with van der Waals surface area (Å²) in [5.74, 6) is -1.51. The van der Waals surface area contributed by atoms with Crippen molar-refractivity contribution in [3.05, 3.63) is 119 Å². The van der Waals surface area contributed by atoms with Gasteiger partial charge >= 0.3 is 0 Å². The van der Waals surface area contributed by atoms with E-state index in [1.165, 1.54) is 18.3 Å². The molecular weight excluding hydrogens is 501 g/mol. The maximum atomic E-state index is 14.5. The zero-order valence-electron chi connectivity index (χ0n) is 18.7. The molecule has 6 nitrogen and oxygen atoms in total. The predicted molar refractivity (Wildman–Crippen MR) is 139 cm³/mol. The highest BCUT2D eigenvalue weighted by atomic mass is 35.5. The van der Waals surface area contributed by atoms with Gasteiger partial charge in [0.1, 0.15) is 11.5 Å². The van der Waals surface area contributed by atoms with E-state index < -0.39 is 21.6 Å². The number of halogens is 2. The summed E-state index contributed by atoms with van der Waals surface area (Å²) >= 11 is 5.98. The zero-order chi connectivity index (χ0) is 25.3. The number of H-pyrrole nitrogens is 1. The number of carbonyl (C=O) groups excluding carboxylic acids is 1. The van der Waals surface area contributed by atoms with Crippen molar-refractivity contribution in [3.63, 3.8) is 0 Å². The summed E-state index contributed by atoms with van der Waals surface area (Å²) in [6.07, 6.45) is 3.22. The number of aromatic nitrogens is 2. The van der Waals surface area contributed by atoms with Crippen LogP contribution in [0.3, 0.4) is 0 Å². The lowest BCUT2D eigenvalue weighted by atomic mass is 10.0. The van der Waals surface area contributed by atoms with Crippen LogP contribution < -0.4 is 4.72 Å². The third kappa shape index (κ3) is 5.00. The monoisotopic (exact) mass is 519 g/mol. The minimum Gasteiger partial charge on any atom is -0.345 e. The van der Waals surface area contributed by atoms with Gasteiger partial charge < -0.3 is 4.98 Å². The molecule has 36 heavy (non-hydrogen) atoms. The minimum absolute atomic E-state index is 0.131. The largest absolute Gasteiger partial charge is 0.345 e. The molecule has 0 unspecified atom stereocenters. The van der Waals surface area contributed by atoms with Crippen molar-refractivity contribution in [2.24, 2.45) is 0 Å². The quantitative estimate of drug-likeness (QED) is 0.251. The molecule has 0 aliphatic heterocycles. The molecule has 0 amide bonds. The number of nitrogens with one attached hydrogen (secondary N) is 2. The molecule has 0 saturated heterocycles. The summed E-state index contributed by atoms with van der Waals surface area (Å²) in [4.78, 5) is 20.8. The predicted octanol–water partition coefficient (Wildman–Crippen LogP) is 6.20. The first-order chi connectivity index (χ1) is 17.3. The van der Waals surface area contributed by atoms with Crippen LogP contribution in [-0.2, 0) is 15.8 Å². The maximum absolute atomic E-state index is 14.5. The lowest BCUT2D eigenvalue weighted by molar-refractivity contribution is 0.104. The van der Waals surface area contributed by atoms with E-state index in [2.05, 4.69) is 14.7 Å². The van der Waals surface area contributed by atoms with Gasteiger partial charge in [0.15, 0.2) is 5.78 Å². The molecule has 9 heteroatoms. The number of hydrogen-bond acceptors (Lipinski definition) is 4. The van der Waals surface area contributed by atoms with Gasteiger partial charge in [-0.15, -0.1) is 0 Å². The van der Waals surface area contributed by atoms with Gasteiger partial charge in [-0.3, -0.25) is 9.52 Å². The molecule has 0 spiro atoms. The second kappa shape index (κ2) is 9.56. The Morgan fingerprint density at radius 2 is 1.72 bits per heavy atom. The van der Waals surface area contributed by atoms with Gasteiger partial charge in [-0.1, -0.05) is 54.1 Å². The van der Waals surface area contributed by atoms with Crippen LogP contribution >= 0.6 is 11.6 Å². The van der Waals surface area contributed by atoms with Crippen molar-refractivity contribution >= 4 is 44.1 Å². The Labute approximate surface area is 211 Å². The van der Waals surface area contributed by atoms with Crippen molar-refractivity contribution in [1.29, 1.82) is 0 Å². The summed E-state index contributed by atoms with van der Waals surface area (Å²) in [5, 5.41) is 1.19. The molecule has 180 valence electrons. The highest BCUT2D eigenvalue weighted by molar-refractivity contribution is 7.91. The molecule has 5 rings (SSSR count). The van der Waals surface area contributed by atoms with E-state index in [1.807, 2.05) is 18.2 Å². The molecule has 3 aromatic carbocycles. The lowest BCUT2D eigenvalue weighted by Gasteiger charge is -2.10. The number of ketones is 1. The molecule has 0 fully saturated rings. The Balaban J connectivity index is 1.45. The Hall–Kier alpha value is -4.01. The fourth-order valence-electron chi connectivity index (χ4n) is 3.89. The number of pyridine rings is 1. The molecular formula is C27H19ClFN3O3S.